The molecule has 170 valence electrons. The Morgan fingerprint density at radius 1 is 0.625 bits per heavy atom. The number of hydrogen-bond donors (Lipinski definition) is 1. The van der Waals surface area contributed by atoms with Crippen LogP contribution >= 0.6 is 0 Å². The molecule has 2 aromatic rings. The maximum absolute atomic E-state index is 13.3. The summed E-state index contributed by atoms with van der Waals surface area (Å²) in [6.07, 6.45) is 13.7. The highest BCUT2D eigenvalue weighted by atomic mass is 16.4. The Morgan fingerprint density at radius 2 is 1.16 bits per heavy atom. The van der Waals surface area contributed by atoms with E-state index in [0.717, 1.165) is 38.5 Å². The van der Waals surface area contributed by atoms with Crippen LogP contribution in [0.25, 0.3) is 0 Å². The number of rotatable bonds is 5. The average Bonchev–Trinajstić information content (AvgIpc) is 2.85. The predicted molar refractivity (Wildman–Crippen MR) is 127 cm³/mol. The minimum Gasteiger partial charge on any atom is -0.478 e. The monoisotopic (exact) mass is 434 g/mol. The standard InChI is InChI=1S/C28H34O4/c29-26(21-14-10-7-5-3-1-2-4-6-8-11-15-21)23-18-19-24(25(20-23)28(31)32)27(30)22-16-12-9-13-17-22/h9,12-13,16-21H,1-8,10-11,14-15H2,(H,31,32). The SMILES string of the molecule is O=C(O)c1cc(C(=O)C2CCCCCCCCCCCC2)ccc1C(=O)c1ccccc1. The van der Waals surface area contributed by atoms with Crippen LogP contribution in [0.1, 0.15) is 114 Å². The molecule has 0 spiro atoms. The largest absolute Gasteiger partial charge is 0.478 e. The molecule has 3 rings (SSSR count). The highest BCUT2D eigenvalue weighted by Gasteiger charge is 2.24. The van der Waals surface area contributed by atoms with E-state index in [1.54, 1.807) is 36.4 Å². The van der Waals surface area contributed by atoms with E-state index in [4.69, 9.17) is 0 Å². The molecule has 0 aromatic heterocycles. The van der Waals surface area contributed by atoms with E-state index in [-0.39, 0.29) is 28.6 Å². The molecule has 1 saturated carbocycles. The zero-order valence-corrected chi connectivity index (χ0v) is 18.9. The van der Waals surface area contributed by atoms with Crippen LogP contribution in [0.3, 0.4) is 0 Å². The van der Waals surface area contributed by atoms with Gasteiger partial charge in [-0.3, -0.25) is 9.59 Å². The molecule has 1 N–H and O–H groups in total. The summed E-state index contributed by atoms with van der Waals surface area (Å²) < 4.78 is 0. The number of carbonyl (C=O) groups is 3. The van der Waals surface area contributed by atoms with Crippen molar-refractivity contribution in [1.82, 2.24) is 0 Å². The third-order valence-corrected chi connectivity index (χ3v) is 6.54. The van der Waals surface area contributed by atoms with E-state index in [1.807, 2.05) is 0 Å². The molecule has 0 saturated heterocycles. The van der Waals surface area contributed by atoms with Crippen LogP contribution in [-0.4, -0.2) is 22.6 Å². The molecule has 0 bridgehead atoms. The van der Waals surface area contributed by atoms with Crippen LogP contribution in [0.5, 0.6) is 0 Å². The second-order valence-electron chi connectivity index (χ2n) is 8.93. The summed E-state index contributed by atoms with van der Waals surface area (Å²) in [6.45, 7) is 0. The molecule has 0 aliphatic heterocycles. The third-order valence-electron chi connectivity index (χ3n) is 6.54. The van der Waals surface area contributed by atoms with E-state index in [1.165, 1.54) is 50.7 Å². The van der Waals surface area contributed by atoms with Gasteiger partial charge in [0.1, 0.15) is 0 Å². The summed E-state index contributed by atoms with van der Waals surface area (Å²) in [5.41, 5.74) is 0.857. The maximum atomic E-state index is 13.3. The van der Waals surface area contributed by atoms with Crippen LogP contribution in [0, 0.1) is 5.92 Å². The zero-order valence-electron chi connectivity index (χ0n) is 18.9. The first-order chi connectivity index (χ1) is 15.6. The molecule has 1 aliphatic rings. The van der Waals surface area contributed by atoms with Gasteiger partial charge in [-0.2, -0.15) is 0 Å². The minimum atomic E-state index is -1.19. The van der Waals surface area contributed by atoms with Gasteiger partial charge in [0, 0.05) is 22.6 Å². The fourth-order valence-corrected chi connectivity index (χ4v) is 4.66. The van der Waals surface area contributed by atoms with Gasteiger partial charge >= 0.3 is 5.97 Å². The first-order valence-corrected chi connectivity index (χ1v) is 12.1. The van der Waals surface area contributed by atoms with Crippen molar-refractivity contribution in [1.29, 1.82) is 0 Å². The average molecular weight is 435 g/mol. The molecule has 0 unspecified atom stereocenters. The summed E-state index contributed by atoms with van der Waals surface area (Å²) in [4.78, 5) is 38.1. The smallest absolute Gasteiger partial charge is 0.336 e. The number of carbonyl (C=O) groups excluding carboxylic acids is 2. The van der Waals surface area contributed by atoms with Gasteiger partial charge in [-0.05, 0) is 25.0 Å². The lowest BCUT2D eigenvalue weighted by atomic mass is 9.86. The number of aromatic carboxylic acids is 1. The van der Waals surface area contributed by atoms with Crippen LogP contribution in [-0.2, 0) is 0 Å². The lowest BCUT2D eigenvalue weighted by molar-refractivity contribution is 0.0692. The van der Waals surface area contributed by atoms with Crippen molar-refractivity contribution in [3.05, 3.63) is 70.8 Å². The first-order valence-electron chi connectivity index (χ1n) is 12.1. The second-order valence-corrected chi connectivity index (χ2v) is 8.93. The molecule has 2 aromatic carbocycles. The van der Waals surface area contributed by atoms with Crippen molar-refractivity contribution in [3.8, 4) is 0 Å². The molecule has 0 radical (unpaired) electrons. The Morgan fingerprint density at radius 3 is 1.69 bits per heavy atom. The summed E-state index contributed by atoms with van der Waals surface area (Å²) in [5, 5.41) is 9.75. The lowest BCUT2D eigenvalue weighted by Crippen LogP contribution is -2.17. The highest BCUT2D eigenvalue weighted by molar-refractivity contribution is 6.15. The highest BCUT2D eigenvalue weighted by Crippen LogP contribution is 2.26. The van der Waals surface area contributed by atoms with Crippen molar-refractivity contribution in [3.63, 3.8) is 0 Å². The van der Waals surface area contributed by atoms with Crippen molar-refractivity contribution in [2.45, 2.75) is 77.0 Å². The van der Waals surface area contributed by atoms with Gasteiger partial charge in [0.25, 0.3) is 0 Å². The van der Waals surface area contributed by atoms with Gasteiger partial charge in [0.05, 0.1) is 5.56 Å². The Bertz CT molecular complexity index is 902. The Hall–Kier alpha value is -2.75. The number of hydrogen-bond acceptors (Lipinski definition) is 3. The number of carboxylic acid groups (broad SMARTS) is 1. The molecule has 1 fully saturated rings. The molecular formula is C28H34O4. The van der Waals surface area contributed by atoms with E-state index in [2.05, 4.69) is 0 Å². The molecule has 1 aliphatic carbocycles. The quantitative estimate of drug-likeness (QED) is 0.509. The van der Waals surface area contributed by atoms with Gasteiger partial charge in [0.15, 0.2) is 11.6 Å². The maximum Gasteiger partial charge on any atom is 0.336 e. The van der Waals surface area contributed by atoms with Crippen molar-refractivity contribution in [2.75, 3.05) is 0 Å². The fraction of sp³-hybridized carbons (Fsp3) is 0.464. The summed E-state index contributed by atoms with van der Waals surface area (Å²) in [5.74, 6) is -1.59. The van der Waals surface area contributed by atoms with Crippen molar-refractivity contribution < 1.29 is 19.5 Å². The van der Waals surface area contributed by atoms with Gasteiger partial charge in [-0.1, -0.05) is 101 Å². The summed E-state index contributed by atoms with van der Waals surface area (Å²) in [6, 6.07) is 13.2. The van der Waals surface area contributed by atoms with Crippen LogP contribution in [0.15, 0.2) is 48.5 Å². The number of benzene rings is 2. The molecule has 0 amide bonds. The third kappa shape index (κ3) is 6.62. The summed E-state index contributed by atoms with van der Waals surface area (Å²) in [7, 11) is 0. The van der Waals surface area contributed by atoms with E-state index in [9.17, 15) is 19.5 Å². The predicted octanol–water partition coefficient (Wildman–Crippen LogP) is 7.11. The van der Waals surface area contributed by atoms with Gasteiger partial charge < -0.3 is 5.11 Å². The Balaban J connectivity index is 1.80. The number of ketones is 2. The fourth-order valence-electron chi connectivity index (χ4n) is 4.66. The van der Waals surface area contributed by atoms with E-state index in [0.29, 0.717) is 11.1 Å². The molecular weight excluding hydrogens is 400 g/mol. The molecule has 4 heteroatoms. The van der Waals surface area contributed by atoms with Crippen molar-refractivity contribution >= 4 is 17.5 Å². The normalized spacial score (nSPS) is 16.9. The molecule has 0 heterocycles. The minimum absolute atomic E-state index is 0.0149. The molecule has 32 heavy (non-hydrogen) atoms. The first kappa shape index (κ1) is 23.9. The van der Waals surface area contributed by atoms with Gasteiger partial charge in [-0.15, -0.1) is 0 Å². The van der Waals surface area contributed by atoms with Gasteiger partial charge in [-0.25, -0.2) is 4.79 Å². The zero-order chi connectivity index (χ0) is 22.8. The van der Waals surface area contributed by atoms with Crippen molar-refractivity contribution in [2.24, 2.45) is 5.92 Å². The second kappa shape index (κ2) is 12.3. The van der Waals surface area contributed by atoms with E-state index >= 15 is 0 Å². The Labute approximate surface area is 191 Å². The number of Topliss-reactive ketones (excluding diaryl/α,β-unsaturated/α-hetero) is 1. The van der Waals surface area contributed by atoms with Crippen LogP contribution in [0.2, 0.25) is 0 Å². The molecule has 4 nitrogen and oxygen atoms in total. The number of carboxylic acids is 1. The van der Waals surface area contributed by atoms with Crippen LogP contribution < -0.4 is 0 Å². The van der Waals surface area contributed by atoms with Gasteiger partial charge in [0.2, 0.25) is 0 Å². The Kier molecular flexibility index (Phi) is 9.21. The van der Waals surface area contributed by atoms with Crippen LogP contribution in [0.4, 0.5) is 0 Å². The topological polar surface area (TPSA) is 71.4 Å². The summed E-state index contributed by atoms with van der Waals surface area (Å²) >= 11 is 0. The lowest BCUT2D eigenvalue weighted by Gasteiger charge is -2.17. The molecule has 0 atom stereocenters. The van der Waals surface area contributed by atoms with E-state index < -0.39 is 5.97 Å².